The minimum Gasteiger partial charge on any atom is -0.493 e. The molecule has 128 valence electrons. The molecule has 0 radical (unpaired) electrons. The Morgan fingerprint density at radius 2 is 1.92 bits per heavy atom. The fraction of sp³-hybridized carbons (Fsp3) is 0.316. The molecule has 2 atom stereocenters. The molecule has 24 heavy (non-hydrogen) atoms. The van der Waals surface area contributed by atoms with Crippen molar-refractivity contribution in [3.63, 3.8) is 0 Å². The smallest absolute Gasteiger partial charge is 0.241 e. The second-order valence-corrected chi connectivity index (χ2v) is 5.98. The lowest BCUT2D eigenvalue weighted by molar-refractivity contribution is -0.123. The molecule has 0 aliphatic carbocycles. The van der Waals surface area contributed by atoms with Gasteiger partial charge in [0, 0.05) is 5.56 Å². The summed E-state index contributed by atoms with van der Waals surface area (Å²) in [5, 5.41) is 3.08. The molecule has 0 aromatic heterocycles. The van der Waals surface area contributed by atoms with Gasteiger partial charge in [0.05, 0.1) is 12.6 Å². The zero-order valence-electron chi connectivity index (χ0n) is 13.7. The summed E-state index contributed by atoms with van der Waals surface area (Å²) in [7, 11) is 0. The Bertz CT molecular complexity index is 688. The number of fused-ring (bicyclic) bond motifs is 1. The van der Waals surface area contributed by atoms with Crippen molar-refractivity contribution in [2.45, 2.75) is 31.8 Å². The number of nitrogens with one attached hydrogen (secondary N) is 1. The summed E-state index contributed by atoms with van der Waals surface area (Å²) < 4.78 is 5.74. The van der Waals surface area contributed by atoms with Gasteiger partial charge in [0.2, 0.25) is 5.91 Å². The third kappa shape index (κ3) is 4.08. The van der Waals surface area contributed by atoms with E-state index < -0.39 is 6.04 Å². The first-order chi connectivity index (χ1) is 11.1. The van der Waals surface area contributed by atoms with Crippen molar-refractivity contribution in [1.29, 1.82) is 0 Å². The van der Waals surface area contributed by atoms with Gasteiger partial charge in [-0.3, -0.25) is 4.79 Å². The normalized spacial score (nSPS) is 17.5. The van der Waals surface area contributed by atoms with Crippen molar-refractivity contribution < 1.29 is 9.53 Å². The average molecular weight is 347 g/mol. The highest BCUT2D eigenvalue weighted by molar-refractivity contribution is 5.85. The average Bonchev–Trinajstić information content (AvgIpc) is 2.77. The number of benzene rings is 2. The van der Waals surface area contributed by atoms with E-state index in [9.17, 15) is 4.79 Å². The van der Waals surface area contributed by atoms with Crippen molar-refractivity contribution in [3.8, 4) is 5.75 Å². The minimum atomic E-state index is -0.660. The standard InChI is InChI=1S/C19H22N2O2.ClH/c1-13-8-10-14(11-9-13)18(20)19(22)21-16-6-4-12-23-17-7-3-2-5-15(16)17;/h2-3,5,7-11,16,18H,4,6,12,20H2,1H3,(H,21,22);1H. The fourth-order valence-corrected chi connectivity index (χ4v) is 2.86. The highest BCUT2D eigenvalue weighted by Crippen LogP contribution is 2.31. The van der Waals surface area contributed by atoms with Crippen LogP contribution in [0.1, 0.15) is 41.6 Å². The second kappa shape index (κ2) is 8.18. The molecule has 0 saturated heterocycles. The zero-order valence-corrected chi connectivity index (χ0v) is 14.5. The molecule has 2 unspecified atom stereocenters. The molecule has 2 aromatic carbocycles. The molecular formula is C19H23ClN2O2. The van der Waals surface area contributed by atoms with E-state index in [2.05, 4.69) is 5.32 Å². The summed E-state index contributed by atoms with van der Waals surface area (Å²) in [5.41, 5.74) is 9.12. The maximum absolute atomic E-state index is 12.5. The number of aryl methyl sites for hydroxylation is 1. The first-order valence-corrected chi connectivity index (χ1v) is 7.99. The van der Waals surface area contributed by atoms with Crippen molar-refractivity contribution in [2.75, 3.05) is 6.61 Å². The lowest BCUT2D eigenvalue weighted by Crippen LogP contribution is -2.36. The van der Waals surface area contributed by atoms with Crippen LogP contribution in [0.2, 0.25) is 0 Å². The Morgan fingerprint density at radius 1 is 1.21 bits per heavy atom. The molecule has 3 rings (SSSR count). The molecule has 2 aromatic rings. The lowest BCUT2D eigenvalue weighted by atomic mass is 10.00. The minimum absolute atomic E-state index is 0. The van der Waals surface area contributed by atoms with Crippen LogP contribution in [-0.2, 0) is 4.79 Å². The van der Waals surface area contributed by atoms with Crippen molar-refractivity contribution in [2.24, 2.45) is 5.73 Å². The number of carbonyl (C=O) groups is 1. The molecule has 0 saturated carbocycles. The van der Waals surface area contributed by atoms with Crippen LogP contribution in [-0.4, -0.2) is 12.5 Å². The van der Waals surface area contributed by atoms with Crippen molar-refractivity contribution in [3.05, 3.63) is 65.2 Å². The van der Waals surface area contributed by atoms with Crippen LogP contribution in [0.3, 0.4) is 0 Å². The largest absolute Gasteiger partial charge is 0.493 e. The predicted octanol–water partition coefficient (Wildman–Crippen LogP) is 3.45. The van der Waals surface area contributed by atoms with Gasteiger partial charge in [-0.2, -0.15) is 0 Å². The van der Waals surface area contributed by atoms with Crippen LogP contribution >= 0.6 is 12.4 Å². The van der Waals surface area contributed by atoms with Gasteiger partial charge in [0.25, 0.3) is 0 Å². The van der Waals surface area contributed by atoms with Crippen LogP contribution in [0.25, 0.3) is 0 Å². The molecule has 1 amide bonds. The van der Waals surface area contributed by atoms with E-state index in [1.807, 2.05) is 55.5 Å². The molecule has 1 aliphatic heterocycles. The Morgan fingerprint density at radius 3 is 2.67 bits per heavy atom. The SMILES string of the molecule is Cc1ccc(C(N)C(=O)NC2CCCOc3ccccc32)cc1.Cl. The molecule has 5 heteroatoms. The number of halogens is 1. The van der Waals surface area contributed by atoms with Gasteiger partial charge in [-0.1, -0.05) is 48.0 Å². The molecular weight excluding hydrogens is 324 g/mol. The highest BCUT2D eigenvalue weighted by Gasteiger charge is 2.24. The topological polar surface area (TPSA) is 64.4 Å². The van der Waals surface area contributed by atoms with Gasteiger partial charge in [-0.05, 0) is 31.4 Å². The second-order valence-electron chi connectivity index (χ2n) is 5.98. The number of amides is 1. The molecule has 0 spiro atoms. The number of nitrogens with two attached hydrogens (primary N) is 1. The first kappa shape index (κ1) is 18.3. The maximum atomic E-state index is 12.5. The van der Waals surface area contributed by atoms with Crippen LogP contribution < -0.4 is 15.8 Å². The lowest BCUT2D eigenvalue weighted by Gasteiger charge is -2.21. The number of carbonyl (C=O) groups excluding carboxylic acids is 1. The van der Waals surface area contributed by atoms with Crippen molar-refractivity contribution >= 4 is 18.3 Å². The Balaban J connectivity index is 0.00000208. The Kier molecular flexibility index (Phi) is 6.23. The Hall–Kier alpha value is -2.04. The van der Waals surface area contributed by atoms with Crippen LogP contribution in [0.5, 0.6) is 5.75 Å². The number of hydrogen-bond donors (Lipinski definition) is 2. The third-order valence-corrected chi connectivity index (χ3v) is 4.22. The molecule has 0 bridgehead atoms. The molecule has 1 heterocycles. The van der Waals surface area contributed by atoms with E-state index in [-0.39, 0.29) is 24.4 Å². The van der Waals surface area contributed by atoms with E-state index in [1.165, 1.54) is 0 Å². The third-order valence-electron chi connectivity index (χ3n) is 4.22. The number of rotatable bonds is 3. The van der Waals surface area contributed by atoms with Crippen LogP contribution in [0.15, 0.2) is 48.5 Å². The highest BCUT2D eigenvalue weighted by atomic mass is 35.5. The van der Waals surface area contributed by atoms with Gasteiger partial charge >= 0.3 is 0 Å². The molecule has 3 N–H and O–H groups in total. The van der Waals surface area contributed by atoms with E-state index >= 15 is 0 Å². The van der Waals surface area contributed by atoms with Crippen LogP contribution in [0, 0.1) is 6.92 Å². The summed E-state index contributed by atoms with van der Waals surface area (Å²) >= 11 is 0. The Labute approximate surface area is 148 Å². The van der Waals surface area contributed by atoms with Gasteiger partial charge in [-0.25, -0.2) is 0 Å². The predicted molar refractivity (Wildman–Crippen MR) is 97.4 cm³/mol. The quantitative estimate of drug-likeness (QED) is 0.894. The first-order valence-electron chi connectivity index (χ1n) is 7.99. The van der Waals surface area contributed by atoms with E-state index in [4.69, 9.17) is 10.5 Å². The molecule has 4 nitrogen and oxygen atoms in total. The summed E-state index contributed by atoms with van der Waals surface area (Å²) in [5.74, 6) is 0.690. The molecule has 0 fully saturated rings. The van der Waals surface area contributed by atoms with Gasteiger partial charge in [-0.15, -0.1) is 12.4 Å². The van der Waals surface area contributed by atoms with Gasteiger partial charge in [0.15, 0.2) is 0 Å². The fourth-order valence-electron chi connectivity index (χ4n) is 2.86. The van der Waals surface area contributed by atoms with Crippen molar-refractivity contribution in [1.82, 2.24) is 5.32 Å². The number of hydrogen-bond acceptors (Lipinski definition) is 3. The summed E-state index contributed by atoms with van der Waals surface area (Å²) in [6, 6.07) is 14.9. The zero-order chi connectivity index (χ0) is 16.2. The van der Waals surface area contributed by atoms with E-state index in [0.717, 1.165) is 35.3 Å². The van der Waals surface area contributed by atoms with E-state index in [0.29, 0.717) is 6.61 Å². The summed E-state index contributed by atoms with van der Waals surface area (Å²) in [4.78, 5) is 12.5. The number of para-hydroxylation sites is 1. The van der Waals surface area contributed by atoms with E-state index in [1.54, 1.807) is 0 Å². The van der Waals surface area contributed by atoms with Gasteiger partial charge < -0.3 is 15.8 Å². The molecule has 1 aliphatic rings. The van der Waals surface area contributed by atoms with Gasteiger partial charge in [0.1, 0.15) is 11.8 Å². The summed E-state index contributed by atoms with van der Waals surface area (Å²) in [6.45, 7) is 2.69. The maximum Gasteiger partial charge on any atom is 0.241 e. The monoisotopic (exact) mass is 346 g/mol. The van der Waals surface area contributed by atoms with Crippen LogP contribution in [0.4, 0.5) is 0 Å². The number of ether oxygens (including phenoxy) is 1. The summed E-state index contributed by atoms with van der Waals surface area (Å²) in [6.07, 6.45) is 1.75.